The Morgan fingerprint density at radius 1 is 1.36 bits per heavy atom. The summed E-state index contributed by atoms with van der Waals surface area (Å²) in [7, 11) is 2.00. The minimum atomic E-state index is 0. The average Bonchev–Trinajstić information content (AvgIpc) is 3.16. The molecule has 0 bridgehead atoms. The minimum Gasteiger partial charge on any atom is -0.357 e. The van der Waals surface area contributed by atoms with Crippen molar-refractivity contribution in [2.24, 2.45) is 12.0 Å². The molecule has 0 aromatic carbocycles. The number of halogens is 1. The van der Waals surface area contributed by atoms with E-state index in [-0.39, 0.29) is 24.0 Å². The average molecular weight is 475 g/mol. The molecule has 7 heteroatoms. The second-order valence-corrected chi connectivity index (χ2v) is 7.07. The van der Waals surface area contributed by atoms with Crippen LogP contribution in [0.1, 0.15) is 41.6 Å². The molecule has 0 saturated carbocycles. The fraction of sp³-hybridized carbons (Fsp3) is 0.556. The number of aryl methyl sites for hydroxylation is 2. The van der Waals surface area contributed by atoms with E-state index in [1.807, 2.05) is 11.7 Å². The molecule has 2 aromatic rings. The fourth-order valence-electron chi connectivity index (χ4n) is 2.72. The first-order valence-corrected chi connectivity index (χ1v) is 9.45. The van der Waals surface area contributed by atoms with Gasteiger partial charge in [-0.05, 0) is 44.2 Å². The molecular weight excluding hydrogens is 445 g/mol. The van der Waals surface area contributed by atoms with Crippen molar-refractivity contribution < 1.29 is 0 Å². The van der Waals surface area contributed by atoms with Gasteiger partial charge in [0.2, 0.25) is 0 Å². The van der Waals surface area contributed by atoms with Crippen molar-refractivity contribution in [1.29, 1.82) is 0 Å². The van der Waals surface area contributed by atoms with Crippen LogP contribution in [0.2, 0.25) is 0 Å². The van der Waals surface area contributed by atoms with E-state index in [4.69, 9.17) is 4.99 Å². The van der Waals surface area contributed by atoms with Crippen molar-refractivity contribution in [2.75, 3.05) is 19.6 Å². The first kappa shape index (κ1) is 22.0. The smallest absolute Gasteiger partial charge is 0.191 e. The Balaban J connectivity index is 0.00000312. The molecule has 2 aromatic heterocycles. The molecule has 0 saturated heterocycles. The lowest BCUT2D eigenvalue weighted by atomic mass is 10.1. The number of nitrogens with zero attached hydrogens (tertiary/aromatic N) is 3. The van der Waals surface area contributed by atoms with Gasteiger partial charge in [0.1, 0.15) is 0 Å². The molecule has 2 heterocycles. The lowest BCUT2D eigenvalue weighted by Gasteiger charge is -2.13. The second-order valence-electron chi connectivity index (χ2n) is 6.09. The summed E-state index contributed by atoms with van der Waals surface area (Å²) >= 11 is 1.80. The van der Waals surface area contributed by atoms with Gasteiger partial charge in [-0.1, -0.05) is 13.0 Å². The predicted octanol–water partition coefficient (Wildman–Crippen LogP) is 3.62. The highest BCUT2D eigenvalue weighted by Crippen LogP contribution is 2.20. The summed E-state index contributed by atoms with van der Waals surface area (Å²) in [6, 6.07) is 4.28. The third-order valence-corrected chi connectivity index (χ3v) is 5.33. The highest BCUT2D eigenvalue weighted by molar-refractivity contribution is 14.0. The quantitative estimate of drug-likeness (QED) is 0.366. The Kier molecular flexibility index (Phi) is 9.48. The van der Waals surface area contributed by atoms with E-state index in [0.29, 0.717) is 5.92 Å². The molecule has 0 fully saturated rings. The Hall–Kier alpha value is -1.09. The van der Waals surface area contributed by atoms with E-state index in [2.05, 4.69) is 60.9 Å². The number of thiophene rings is 1. The van der Waals surface area contributed by atoms with Crippen molar-refractivity contribution >= 4 is 41.3 Å². The molecule has 2 rings (SSSR count). The van der Waals surface area contributed by atoms with Gasteiger partial charge in [-0.3, -0.25) is 9.67 Å². The van der Waals surface area contributed by atoms with Gasteiger partial charge < -0.3 is 10.6 Å². The molecule has 0 aliphatic rings. The predicted molar refractivity (Wildman–Crippen MR) is 119 cm³/mol. The number of guanidine groups is 1. The highest BCUT2D eigenvalue weighted by atomic mass is 127. The summed E-state index contributed by atoms with van der Waals surface area (Å²) in [5.74, 6) is 1.34. The summed E-state index contributed by atoms with van der Waals surface area (Å²) < 4.78 is 1.95. The molecule has 0 spiro atoms. The Morgan fingerprint density at radius 3 is 2.68 bits per heavy atom. The first-order valence-electron chi connectivity index (χ1n) is 8.57. The van der Waals surface area contributed by atoms with Gasteiger partial charge in [0, 0.05) is 36.6 Å². The van der Waals surface area contributed by atoms with E-state index >= 15 is 0 Å². The third kappa shape index (κ3) is 6.29. The summed E-state index contributed by atoms with van der Waals surface area (Å²) in [4.78, 5) is 6.12. The molecule has 0 aliphatic heterocycles. The molecule has 25 heavy (non-hydrogen) atoms. The number of rotatable bonds is 7. The Morgan fingerprint density at radius 2 is 2.12 bits per heavy atom. The van der Waals surface area contributed by atoms with E-state index in [9.17, 15) is 0 Å². The van der Waals surface area contributed by atoms with Gasteiger partial charge >= 0.3 is 0 Å². The van der Waals surface area contributed by atoms with E-state index in [1.54, 1.807) is 11.3 Å². The van der Waals surface area contributed by atoms with Crippen LogP contribution in [0.25, 0.3) is 0 Å². The van der Waals surface area contributed by atoms with Gasteiger partial charge in [-0.2, -0.15) is 5.10 Å². The molecule has 2 N–H and O–H groups in total. The maximum Gasteiger partial charge on any atom is 0.191 e. The molecule has 140 valence electrons. The van der Waals surface area contributed by atoms with Crippen LogP contribution in [0.4, 0.5) is 0 Å². The van der Waals surface area contributed by atoms with Crippen LogP contribution in [0.5, 0.6) is 0 Å². The monoisotopic (exact) mass is 475 g/mol. The molecule has 0 amide bonds. The normalized spacial score (nSPS) is 12.6. The zero-order valence-corrected chi connectivity index (χ0v) is 18.9. The molecular formula is C18H30IN5S. The molecule has 5 nitrogen and oxygen atoms in total. The molecule has 1 atom stereocenters. The lowest BCUT2D eigenvalue weighted by molar-refractivity contribution is 0.728. The summed E-state index contributed by atoms with van der Waals surface area (Å²) in [5.41, 5.74) is 3.68. The summed E-state index contributed by atoms with van der Waals surface area (Å²) in [5, 5.41) is 13.4. The number of nitrogens with one attached hydrogen (secondary N) is 2. The van der Waals surface area contributed by atoms with E-state index in [0.717, 1.165) is 37.7 Å². The SMILES string of the molecule is CCNC(=NCC(C)c1cccs1)NCCc1c(C)nn(C)c1C.I. The summed E-state index contributed by atoms with van der Waals surface area (Å²) in [6.07, 6.45) is 0.955. The van der Waals surface area contributed by atoms with Crippen molar-refractivity contribution in [1.82, 2.24) is 20.4 Å². The highest BCUT2D eigenvalue weighted by Gasteiger charge is 2.10. The van der Waals surface area contributed by atoms with Crippen molar-refractivity contribution in [3.05, 3.63) is 39.3 Å². The van der Waals surface area contributed by atoms with Crippen LogP contribution in [-0.2, 0) is 13.5 Å². The van der Waals surface area contributed by atoms with E-state index < -0.39 is 0 Å². The van der Waals surface area contributed by atoms with Crippen LogP contribution in [0, 0.1) is 13.8 Å². The Bertz CT molecular complexity index is 663. The van der Waals surface area contributed by atoms with Gasteiger partial charge in [0.25, 0.3) is 0 Å². The minimum absolute atomic E-state index is 0. The standard InChI is InChI=1S/C18H29N5S.HI/c1-6-19-18(21-12-13(2)17-8-7-11-24-17)20-10-9-16-14(3)22-23(5)15(16)4;/h7-8,11,13H,6,9-10,12H2,1-5H3,(H2,19,20,21);1H. The zero-order valence-electron chi connectivity index (χ0n) is 15.8. The van der Waals surface area contributed by atoms with Crippen molar-refractivity contribution in [2.45, 2.75) is 40.0 Å². The lowest BCUT2D eigenvalue weighted by Crippen LogP contribution is -2.38. The number of aliphatic imine (C=N–C) groups is 1. The van der Waals surface area contributed by atoms with Crippen LogP contribution < -0.4 is 10.6 Å². The molecule has 0 aliphatic carbocycles. The molecule has 1 unspecified atom stereocenters. The van der Waals surface area contributed by atoms with Crippen molar-refractivity contribution in [3.8, 4) is 0 Å². The zero-order chi connectivity index (χ0) is 17.5. The van der Waals surface area contributed by atoms with Gasteiger partial charge in [0.15, 0.2) is 5.96 Å². The number of hydrogen-bond acceptors (Lipinski definition) is 3. The number of hydrogen-bond donors (Lipinski definition) is 2. The third-order valence-electron chi connectivity index (χ3n) is 4.22. The van der Waals surface area contributed by atoms with Crippen LogP contribution in [0.15, 0.2) is 22.5 Å². The van der Waals surface area contributed by atoms with Crippen LogP contribution >= 0.6 is 35.3 Å². The maximum atomic E-state index is 4.73. The van der Waals surface area contributed by atoms with Gasteiger partial charge in [0.05, 0.1) is 12.2 Å². The van der Waals surface area contributed by atoms with Crippen molar-refractivity contribution in [3.63, 3.8) is 0 Å². The second kappa shape index (κ2) is 10.8. The number of aromatic nitrogens is 2. The maximum absolute atomic E-state index is 4.73. The van der Waals surface area contributed by atoms with Gasteiger partial charge in [-0.15, -0.1) is 35.3 Å². The van der Waals surface area contributed by atoms with E-state index in [1.165, 1.54) is 16.1 Å². The topological polar surface area (TPSA) is 54.2 Å². The molecule has 0 radical (unpaired) electrons. The first-order chi connectivity index (χ1) is 11.5. The van der Waals surface area contributed by atoms with Crippen LogP contribution in [0.3, 0.4) is 0 Å². The summed E-state index contributed by atoms with van der Waals surface area (Å²) in [6.45, 7) is 11.0. The Labute approximate surface area is 172 Å². The largest absolute Gasteiger partial charge is 0.357 e. The van der Waals surface area contributed by atoms with Gasteiger partial charge in [-0.25, -0.2) is 0 Å². The van der Waals surface area contributed by atoms with Crippen LogP contribution in [-0.4, -0.2) is 35.4 Å². The fourth-order valence-corrected chi connectivity index (χ4v) is 3.50.